The second-order valence-corrected chi connectivity index (χ2v) is 4.52. The molecule has 0 radical (unpaired) electrons. The Balaban J connectivity index is 2.13. The highest BCUT2D eigenvalue weighted by atomic mass is 16.3. The summed E-state index contributed by atoms with van der Waals surface area (Å²) in [5.41, 5.74) is 2.00. The van der Waals surface area contributed by atoms with Gasteiger partial charge in [0.25, 0.3) is 0 Å². The van der Waals surface area contributed by atoms with Crippen LogP contribution in [-0.2, 0) is 6.54 Å². The zero-order valence-electron chi connectivity index (χ0n) is 11.3. The van der Waals surface area contributed by atoms with Crippen molar-refractivity contribution in [1.29, 1.82) is 0 Å². The van der Waals surface area contributed by atoms with E-state index in [0.717, 1.165) is 16.6 Å². The molecule has 0 amide bonds. The second-order valence-electron chi connectivity index (χ2n) is 4.52. The fourth-order valence-electron chi connectivity index (χ4n) is 2.22. The molecule has 0 aliphatic heterocycles. The molecule has 0 saturated carbocycles. The van der Waals surface area contributed by atoms with Crippen LogP contribution in [0.5, 0.6) is 5.88 Å². The number of aromatic nitrogens is 1. The Labute approximate surface area is 122 Å². The summed E-state index contributed by atoms with van der Waals surface area (Å²) >= 11 is 0. The van der Waals surface area contributed by atoms with Gasteiger partial charge in [0, 0.05) is 5.39 Å². The maximum Gasteiger partial charge on any atom is 0.221 e. The zero-order valence-corrected chi connectivity index (χ0v) is 11.3. The molecule has 1 heterocycles. The molecule has 1 N–H and O–H groups in total. The van der Waals surface area contributed by atoms with E-state index in [9.17, 15) is 5.11 Å². The van der Waals surface area contributed by atoms with E-state index in [0.29, 0.717) is 5.69 Å². The van der Waals surface area contributed by atoms with Crippen LogP contribution < -0.4 is 0 Å². The number of hydrogen-bond acceptors (Lipinski definition) is 3. The number of benzene rings is 2. The van der Waals surface area contributed by atoms with Gasteiger partial charge in [-0.25, -0.2) is 0 Å². The van der Waals surface area contributed by atoms with Crippen LogP contribution in [0.25, 0.3) is 10.9 Å². The van der Waals surface area contributed by atoms with Gasteiger partial charge in [-0.05, 0) is 18.2 Å². The number of fused-ring (bicyclic) bond motifs is 1. The van der Waals surface area contributed by atoms with E-state index in [1.807, 2.05) is 54.6 Å². The maximum atomic E-state index is 10.3. The van der Waals surface area contributed by atoms with E-state index in [4.69, 9.17) is 6.42 Å². The molecule has 0 atom stereocenters. The third-order valence-corrected chi connectivity index (χ3v) is 3.19. The third kappa shape index (κ3) is 2.37. The minimum Gasteiger partial charge on any atom is -0.493 e. The van der Waals surface area contributed by atoms with E-state index in [1.54, 1.807) is 4.57 Å². The average Bonchev–Trinajstić information content (AvgIpc) is 2.79. The molecule has 4 heteroatoms. The number of terminal acetylenes is 1. The SMILES string of the molecule is C#CCn1c(O)c(N=Nc2ccccc2)c2ccccc21. The topological polar surface area (TPSA) is 49.9 Å². The van der Waals surface area contributed by atoms with E-state index in [2.05, 4.69) is 16.1 Å². The van der Waals surface area contributed by atoms with Gasteiger partial charge in [0.2, 0.25) is 5.88 Å². The summed E-state index contributed by atoms with van der Waals surface area (Å²) in [6.45, 7) is 0.285. The Hall–Kier alpha value is -3.06. The molecule has 0 aliphatic rings. The van der Waals surface area contributed by atoms with Crippen LogP contribution in [0.15, 0.2) is 64.8 Å². The first kappa shape index (κ1) is 12.9. The molecule has 0 bridgehead atoms. The number of aromatic hydroxyl groups is 1. The molecule has 3 rings (SSSR count). The fraction of sp³-hybridized carbons (Fsp3) is 0.0588. The van der Waals surface area contributed by atoms with Gasteiger partial charge in [-0.2, -0.15) is 5.11 Å². The standard InChI is InChI=1S/C17H13N3O/c1-2-12-20-15-11-7-6-10-14(15)16(17(20)21)19-18-13-8-4-3-5-9-13/h1,3-11,21H,12H2. The van der Waals surface area contributed by atoms with Crippen molar-refractivity contribution >= 4 is 22.3 Å². The lowest BCUT2D eigenvalue weighted by atomic mass is 10.2. The van der Waals surface area contributed by atoms with Gasteiger partial charge in [-0.15, -0.1) is 11.5 Å². The Morgan fingerprint density at radius 2 is 1.71 bits per heavy atom. The zero-order chi connectivity index (χ0) is 14.7. The highest BCUT2D eigenvalue weighted by Crippen LogP contribution is 2.39. The van der Waals surface area contributed by atoms with Crippen molar-refractivity contribution in [2.24, 2.45) is 10.2 Å². The van der Waals surface area contributed by atoms with Crippen LogP contribution in [0.1, 0.15) is 0 Å². The second kappa shape index (κ2) is 5.51. The summed E-state index contributed by atoms with van der Waals surface area (Å²) in [6, 6.07) is 17.0. The van der Waals surface area contributed by atoms with Gasteiger partial charge in [0.1, 0.15) is 0 Å². The van der Waals surface area contributed by atoms with Gasteiger partial charge in [0.15, 0.2) is 5.69 Å². The van der Waals surface area contributed by atoms with E-state index in [-0.39, 0.29) is 12.4 Å². The predicted octanol–water partition coefficient (Wildman–Crippen LogP) is 4.40. The first-order chi connectivity index (χ1) is 10.3. The lowest BCUT2D eigenvalue weighted by Crippen LogP contribution is -1.93. The van der Waals surface area contributed by atoms with Gasteiger partial charge in [-0.3, -0.25) is 4.57 Å². The summed E-state index contributed by atoms with van der Waals surface area (Å²) in [5, 5.41) is 19.5. The summed E-state index contributed by atoms with van der Waals surface area (Å²) in [7, 11) is 0. The fourth-order valence-corrected chi connectivity index (χ4v) is 2.22. The largest absolute Gasteiger partial charge is 0.493 e. The van der Waals surface area contributed by atoms with E-state index >= 15 is 0 Å². The van der Waals surface area contributed by atoms with Crippen molar-refractivity contribution in [3.8, 4) is 18.2 Å². The van der Waals surface area contributed by atoms with Gasteiger partial charge in [0.05, 0.1) is 17.7 Å². The van der Waals surface area contributed by atoms with Gasteiger partial charge < -0.3 is 5.11 Å². The summed E-state index contributed by atoms with van der Waals surface area (Å²) in [5.74, 6) is 2.57. The van der Waals surface area contributed by atoms with Gasteiger partial charge in [-0.1, -0.05) is 42.3 Å². The Bertz CT molecular complexity index is 842. The van der Waals surface area contributed by atoms with Crippen LogP contribution in [-0.4, -0.2) is 9.67 Å². The van der Waals surface area contributed by atoms with Crippen LogP contribution >= 0.6 is 0 Å². The average molecular weight is 275 g/mol. The van der Waals surface area contributed by atoms with Gasteiger partial charge >= 0.3 is 0 Å². The minimum absolute atomic E-state index is 0.0360. The number of azo groups is 1. The number of para-hydroxylation sites is 1. The van der Waals surface area contributed by atoms with Crippen molar-refractivity contribution in [3.05, 3.63) is 54.6 Å². The predicted molar refractivity (Wildman–Crippen MR) is 83.1 cm³/mol. The molecule has 0 fully saturated rings. The monoisotopic (exact) mass is 275 g/mol. The highest BCUT2D eigenvalue weighted by molar-refractivity contribution is 5.95. The molecule has 1 aromatic heterocycles. The van der Waals surface area contributed by atoms with Crippen molar-refractivity contribution < 1.29 is 5.11 Å². The van der Waals surface area contributed by atoms with Crippen molar-refractivity contribution in [2.75, 3.05) is 0 Å². The first-order valence-corrected chi connectivity index (χ1v) is 6.51. The number of hydrogen-bond donors (Lipinski definition) is 1. The molecule has 0 saturated heterocycles. The summed E-state index contributed by atoms with van der Waals surface area (Å²) in [4.78, 5) is 0. The minimum atomic E-state index is 0.0360. The lowest BCUT2D eigenvalue weighted by molar-refractivity contribution is 0.432. The molecule has 0 aliphatic carbocycles. The number of rotatable bonds is 3. The van der Waals surface area contributed by atoms with Crippen LogP contribution in [0.4, 0.5) is 11.4 Å². The molecule has 102 valence electrons. The molecule has 21 heavy (non-hydrogen) atoms. The van der Waals surface area contributed by atoms with Crippen LogP contribution in [0.2, 0.25) is 0 Å². The molecule has 2 aromatic carbocycles. The smallest absolute Gasteiger partial charge is 0.221 e. The maximum absolute atomic E-state index is 10.3. The molecular formula is C17H13N3O. The summed E-state index contributed by atoms with van der Waals surface area (Å²) in [6.07, 6.45) is 5.36. The normalized spacial score (nSPS) is 11.0. The van der Waals surface area contributed by atoms with Crippen molar-refractivity contribution in [3.63, 3.8) is 0 Å². The molecule has 4 nitrogen and oxygen atoms in total. The van der Waals surface area contributed by atoms with Crippen LogP contribution in [0.3, 0.4) is 0 Å². The van der Waals surface area contributed by atoms with Crippen LogP contribution in [0, 0.1) is 12.3 Å². The Kier molecular flexibility index (Phi) is 3.40. The molecule has 0 unspecified atom stereocenters. The highest BCUT2D eigenvalue weighted by Gasteiger charge is 2.15. The lowest BCUT2D eigenvalue weighted by Gasteiger charge is -2.00. The Morgan fingerprint density at radius 1 is 1.00 bits per heavy atom. The molecule has 0 spiro atoms. The van der Waals surface area contributed by atoms with Crippen molar-refractivity contribution in [1.82, 2.24) is 4.57 Å². The summed E-state index contributed by atoms with van der Waals surface area (Å²) < 4.78 is 1.65. The molecular weight excluding hydrogens is 262 g/mol. The Morgan fingerprint density at radius 3 is 2.48 bits per heavy atom. The third-order valence-electron chi connectivity index (χ3n) is 3.19. The number of nitrogens with zero attached hydrogens (tertiary/aromatic N) is 3. The van der Waals surface area contributed by atoms with Crippen molar-refractivity contribution in [2.45, 2.75) is 6.54 Å². The molecule has 3 aromatic rings. The quantitative estimate of drug-likeness (QED) is 0.559. The van der Waals surface area contributed by atoms with E-state index in [1.165, 1.54) is 0 Å². The van der Waals surface area contributed by atoms with E-state index < -0.39 is 0 Å². The first-order valence-electron chi connectivity index (χ1n) is 6.51.